The lowest BCUT2D eigenvalue weighted by Crippen LogP contribution is -2.49. The maximum Gasteiger partial charge on any atom is 0.327 e. The number of hydrogen-bond donors (Lipinski definition) is 2. The Kier molecular flexibility index (Phi) is 5.00. The second-order valence-electron chi connectivity index (χ2n) is 4.92. The Bertz CT molecular complexity index is 538. The van der Waals surface area contributed by atoms with E-state index >= 15 is 0 Å². The molecule has 114 valence electrons. The third kappa shape index (κ3) is 3.63. The van der Waals surface area contributed by atoms with E-state index in [4.69, 9.17) is 11.6 Å². The minimum Gasteiger partial charge on any atom is -0.480 e. The Morgan fingerprint density at radius 3 is 2.62 bits per heavy atom. The summed E-state index contributed by atoms with van der Waals surface area (Å²) in [6.07, 6.45) is 0. The van der Waals surface area contributed by atoms with Gasteiger partial charge in [-0.3, -0.25) is 4.90 Å². The van der Waals surface area contributed by atoms with Crippen LogP contribution in [0.4, 0.5) is 4.79 Å². The van der Waals surface area contributed by atoms with Gasteiger partial charge >= 0.3 is 12.0 Å². The normalized spacial score (nSPS) is 22.9. The predicted octanol–water partition coefficient (Wildman–Crippen LogP) is 2.96. The molecular weight excluding hydrogens is 312 g/mol. The molecule has 0 saturated carbocycles. The summed E-state index contributed by atoms with van der Waals surface area (Å²) in [5.41, 5.74) is 0.916. The summed E-state index contributed by atoms with van der Waals surface area (Å²) in [7, 11) is 0. The number of nitrogens with zero attached hydrogens (tertiary/aromatic N) is 1. The molecule has 3 unspecified atom stereocenters. The van der Waals surface area contributed by atoms with Gasteiger partial charge in [0, 0.05) is 10.8 Å². The molecule has 3 atom stereocenters. The van der Waals surface area contributed by atoms with Crippen molar-refractivity contribution in [3.63, 3.8) is 0 Å². The summed E-state index contributed by atoms with van der Waals surface area (Å²) in [5.74, 6) is -0.555. The first-order valence-electron chi connectivity index (χ1n) is 6.59. The average molecular weight is 329 g/mol. The highest BCUT2D eigenvalue weighted by Gasteiger charge is 2.39. The molecule has 0 aliphatic carbocycles. The smallest absolute Gasteiger partial charge is 0.327 e. The zero-order valence-electron chi connectivity index (χ0n) is 11.7. The topological polar surface area (TPSA) is 69.6 Å². The van der Waals surface area contributed by atoms with Crippen molar-refractivity contribution in [2.24, 2.45) is 0 Å². The first kappa shape index (κ1) is 16.0. The number of carboxylic acids is 1. The van der Waals surface area contributed by atoms with Crippen LogP contribution in [0.3, 0.4) is 0 Å². The van der Waals surface area contributed by atoms with Gasteiger partial charge < -0.3 is 10.4 Å². The number of nitrogens with one attached hydrogen (secondary N) is 1. The van der Waals surface area contributed by atoms with Crippen LogP contribution >= 0.6 is 23.4 Å². The molecule has 1 aromatic rings. The molecule has 1 aliphatic rings. The zero-order valence-corrected chi connectivity index (χ0v) is 13.3. The molecule has 1 aliphatic heterocycles. The molecule has 2 rings (SSSR count). The minimum atomic E-state index is -0.971. The fourth-order valence-corrected chi connectivity index (χ4v) is 3.53. The number of carbonyl (C=O) groups is 2. The predicted molar refractivity (Wildman–Crippen MR) is 83.6 cm³/mol. The van der Waals surface area contributed by atoms with Gasteiger partial charge in [0.1, 0.15) is 6.04 Å². The number of amides is 2. The second kappa shape index (κ2) is 6.58. The van der Waals surface area contributed by atoms with Crippen LogP contribution in [0, 0.1) is 0 Å². The lowest BCUT2D eigenvalue weighted by Gasteiger charge is -2.27. The Morgan fingerprint density at radius 1 is 1.43 bits per heavy atom. The van der Waals surface area contributed by atoms with Crippen LogP contribution in [0.2, 0.25) is 5.02 Å². The van der Waals surface area contributed by atoms with Gasteiger partial charge in [-0.1, -0.05) is 23.7 Å². The lowest BCUT2D eigenvalue weighted by molar-refractivity contribution is -0.141. The Balaban J connectivity index is 2.06. The van der Waals surface area contributed by atoms with Crippen LogP contribution in [0.15, 0.2) is 24.3 Å². The standard InChI is InChI=1S/C14H17ClN2O3S/c1-8(10-3-5-11(15)6-4-10)16-14(20)17-9(2)21-7-12(17)13(18)19/h3-6,8-9,12H,7H2,1-2H3,(H,16,20)(H,18,19). The average Bonchev–Trinajstić information content (AvgIpc) is 2.81. The number of thioether (sulfide) groups is 1. The van der Waals surface area contributed by atoms with Crippen LogP contribution in [-0.2, 0) is 4.79 Å². The quantitative estimate of drug-likeness (QED) is 0.895. The van der Waals surface area contributed by atoms with Crippen molar-refractivity contribution in [1.29, 1.82) is 0 Å². The summed E-state index contributed by atoms with van der Waals surface area (Å²) in [6, 6.07) is 5.84. The number of carbonyl (C=O) groups excluding carboxylic acids is 1. The fourth-order valence-electron chi connectivity index (χ4n) is 2.24. The van der Waals surface area contributed by atoms with Crippen molar-refractivity contribution in [2.75, 3.05) is 5.75 Å². The first-order valence-corrected chi connectivity index (χ1v) is 8.01. The van der Waals surface area contributed by atoms with E-state index in [1.54, 1.807) is 12.1 Å². The number of rotatable bonds is 3. The van der Waals surface area contributed by atoms with E-state index in [1.807, 2.05) is 26.0 Å². The van der Waals surface area contributed by atoms with Gasteiger partial charge in [0.25, 0.3) is 0 Å². The van der Waals surface area contributed by atoms with Crippen LogP contribution in [0.5, 0.6) is 0 Å². The van der Waals surface area contributed by atoms with Crippen molar-refractivity contribution < 1.29 is 14.7 Å². The highest BCUT2D eigenvalue weighted by atomic mass is 35.5. The third-order valence-corrected chi connectivity index (χ3v) is 4.92. The molecule has 2 N–H and O–H groups in total. The molecule has 1 heterocycles. The third-order valence-electron chi connectivity index (χ3n) is 3.45. The number of halogens is 1. The largest absolute Gasteiger partial charge is 0.480 e. The molecule has 7 heteroatoms. The number of aliphatic carboxylic acids is 1. The van der Waals surface area contributed by atoms with Crippen LogP contribution in [0.1, 0.15) is 25.5 Å². The monoisotopic (exact) mass is 328 g/mol. The molecule has 0 spiro atoms. The summed E-state index contributed by atoms with van der Waals surface area (Å²) in [6.45, 7) is 3.69. The Hall–Kier alpha value is -1.40. The van der Waals surface area contributed by atoms with Crippen molar-refractivity contribution in [3.05, 3.63) is 34.9 Å². The molecule has 5 nitrogen and oxygen atoms in total. The van der Waals surface area contributed by atoms with Crippen molar-refractivity contribution in [2.45, 2.75) is 31.3 Å². The first-order chi connectivity index (χ1) is 9.90. The molecule has 1 fully saturated rings. The van der Waals surface area contributed by atoms with Gasteiger partial charge in [-0.15, -0.1) is 11.8 Å². The van der Waals surface area contributed by atoms with Crippen LogP contribution in [0.25, 0.3) is 0 Å². The molecule has 1 saturated heterocycles. The van der Waals surface area contributed by atoms with Crippen molar-refractivity contribution in [3.8, 4) is 0 Å². The number of benzene rings is 1. The van der Waals surface area contributed by atoms with E-state index in [2.05, 4.69) is 5.32 Å². The van der Waals surface area contributed by atoms with Gasteiger partial charge in [-0.05, 0) is 31.5 Å². The summed E-state index contributed by atoms with van der Waals surface area (Å²) < 4.78 is 0. The maximum absolute atomic E-state index is 12.3. The van der Waals surface area contributed by atoms with Crippen molar-refractivity contribution >= 4 is 35.4 Å². The molecule has 0 radical (unpaired) electrons. The fraction of sp³-hybridized carbons (Fsp3) is 0.429. The van der Waals surface area contributed by atoms with E-state index in [0.717, 1.165) is 5.56 Å². The summed E-state index contributed by atoms with van der Waals surface area (Å²) >= 11 is 7.30. The van der Waals surface area contributed by atoms with E-state index in [9.17, 15) is 14.7 Å². The summed E-state index contributed by atoms with van der Waals surface area (Å²) in [4.78, 5) is 24.9. The Morgan fingerprint density at radius 2 is 2.05 bits per heavy atom. The van der Waals surface area contributed by atoms with E-state index in [0.29, 0.717) is 10.8 Å². The molecule has 0 aromatic heterocycles. The van der Waals surface area contributed by atoms with Gasteiger partial charge in [-0.25, -0.2) is 9.59 Å². The zero-order chi connectivity index (χ0) is 15.6. The number of urea groups is 1. The second-order valence-corrected chi connectivity index (χ2v) is 6.70. The van der Waals surface area contributed by atoms with Gasteiger partial charge in [0.2, 0.25) is 0 Å². The van der Waals surface area contributed by atoms with Gasteiger partial charge in [-0.2, -0.15) is 0 Å². The van der Waals surface area contributed by atoms with Crippen molar-refractivity contribution in [1.82, 2.24) is 10.2 Å². The SMILES string of the molecule is CC(NC(=O)N1C(C)SCC1C(=O)O)c1ccc(Cl)cc1. The van der Waals surface area contributed by atoms with E-state index in [1.165, 1.54) is 16.7 Å². The molecule has 2 amide bonds. The van der Waals surface area contributed by atoms with Gasteiger partial charge in [0.05, 0.1) is 11.4 Å². The number of hydrogen-bond acceptors (Lipinski definition) is 3. The molecule has 1 aromatic carbocycles. The molecular formula is C14H17ClN2O3S. The van der Waals surface area contributed by atoms with Gasteiger partial charge in [0.15, 0.2) is 0 Å². The number of carboxylic acid groups (broad SMARTS) is 1. The van der Waals surface area contributed by atoms with Crippen LogP contribution < -0.4 is 5.32 Å². The van der Waals surface area contributed by atoms with Crippen LogP contribution in [-0.4, -0.2) is 39.2 Å². The molecule has 0 bridgehead atoms. The van der Waals surface area contributed by atoms with E-state index < -0.39 is 12.0 Å². The highest BCUT2D eigenvalue weighted by Crippen LogP contribution is 2.29. The van der Waals surface area contributed by atoms with E-state index in [-0.39, 0.29) is 17.4 Å². The maximum atomic E-state index is 12.3. The summed E-state index contributed by atoms with van der Waals surface area (Å²) in [5, 5.41) is 12.5. The lowest BCUT2D eigenvalue weighted by atomic mass is 10.1. The minimum absolute atomic E-state index is 0.150. The molecule has 21 heavy (non-hydrogen) atoms. The highest BCUT2D eigenvalue weighted by molar-refractivity contribution is 8.00. The Labute approximate surface area is 132 Å².